The van der Waals surface area contributed by atoms with E-state index in [9.17, 15) is 35.3 Å². The van der Waals surface area contributed by atoms with Gasteiger partial charge in [-0.05, 0) is 26.0 Å². The zero-order chi connectivity index (χ0) is 30.1. The van der Waals surface area contributed by atoms with Gasteiger partial charge in [0, 0.05) is 59.6 Å². The number of amides is 1. The smallest absolute Gasteiger partial charge is 0.287 e. The van der Waals surface area contributed by atoms with Gasteiger partial charge in [-0.15, -0.1) is 0 Å². The number of carbonyl (C=O) groups excluding carboxylic acids is 2. The minimum atomic E-state index is -0.999. The van der Waals surface area contributed by atoms with E-state index in [1.807, 2.05) is 0 Å². The number of rotatable bonds is 5. The molecule has 41 heavy (non-hydrogen) atoms. The summed E-state index contributed by atoms with van der Waals surface area (Å²) in [5.74, 6) is -2.27. The molecule has 12 nitrogen and oxygen atoms in total. The maximum absolute atomic E-state index is 12.3. The number of benzene rings is 2. The van der Waals surface area contributed by atoms with Gasteiger partial charge in [-0.3, -0.25) is 9.59 Å². The average Bonchev–Trinajstić information content (AvgIpc) is 2.93. The van der Waals surface area contributed by atoms with E-state index in [4.69, 9.17) is 9.47 Å². The summed E-state index contributed by atoms with van der Waals surface area (Å²) in [6.07, 6.45) is 3.23. The molecule has 1 fully saturated rings. The van der Waals surface area contributed by atoms with E-state index in [-0.39, 0.29) is 57.7 Å². The number of carbonyl (C=O) groups is 2. The van der Waals surface area contributed by atoms with Crippen LogP contribution in [0.1, 0.15) is 52.4 Å². The van der Waals surface area contributed by atoms with Crippen LogP contribution >= 0.6 is 0 Å². The van der Waals surface area contributed by atoms with Gasteiger partial charge in [0.25, 0.3) is 5.91 Å². The van der Waals surface area contributed by atoms with Crippen LogP contribution in [-0.2, 0) is 9.59 Å². The second-order valence-electron chi connectivity index (χ2n) is 10.2. The molecule has 0 unspecified atom stereocenters. The summed E-state index contributed by atoms with van der Waals surface area (Å²) in [5.41, 5.74) is 2.56. The molecule has 0 aliphatic carbocycles. The van der Waals surface area contributed by atoms with Gasteiger partial charge in [-0.1, -0.05) is 0 Å². The van der Waals surface area contributed by atoms with Gasteiger partial charge in [0.2, 0.25) is 5.78 Å². The molecule has 12 heteroatoms. The highest BCUT2D eigenvalue weighted by Crippen LogP contribution is 2.59. The van der Waals surface area contributed by atoms with Crippen molar-refractivity contribution in [1.82, 2.24) is 15.1 Å². The van der Waals surface area contributed by atoms with Gasteiger partial charge < -0.3 is 45.0 Å². The topological polar surface area (TPSA) is 176 Å². The first-order chi connectivity index (χ1) is 19.4. The number of hydrogen-bond donors (Lipinski definition) is 5. The largest absolute Gasteiger partial charge is 0.507 e. The fourth-order valence-corrected chi connectivity index (χ4v) is 6.22. The Morgan fingerprint density at radius 1 is 0.927 bits per heavy atom. The predicted octanol–water partition coefficient (Wildman–Crippen LogP) is 2.48. The predicted molar refractivity (Wildman–Crippen MR) is 146 cm³/mol. The molecule has 2 aromatic carbocycles. The minimum Gasteiger partial charge on any atom is -0.507 e. The van der Waals surface area contributed by atoms with Crippen LogP contribution in [-0.4, -0.2) is 75.8 Å². The van der Waals surface area contributed by atoms with E-state index in [0.717, 1.165) is 6.92 Å². The van der Waals surface area contributed by atoms with Gasteiger partial charge in [0.15, 0.2) is 29.0 Å². The lowest BCUT2D eigenvalue weighted by molar-refractivity contribution is -0.136. The fraction of sp³-hybridized carbons (Fsp3) is 0.345. The molecule has 0 aromatic heterocycles. The molecule has 3 atom stereocenters. The number of nitriles is 1. The molecule has 3 aliphatic rings. The normalized spacial score (nSPS) is 20.1. The Balaban J connectivity index is 1.86. The van der Waals surface area contributed by atoms with Gasteiger partial charge in [-0.2, -0.15) is 5.26 Å². The number of phenols is 4. The van der Waals surface area contributed by atoms with Crippen molar-refractivity contribution in [3.8, 4) is 40.6 Å². The first-order valence-corrected chi connectivity index (χ1v) is 12.8. The molecule has 214 valence electrons. The van der Waals surface area contributed by atoms with Crippen LogP contribution in [0.3, 0.4) is 0 Å². The lowest BCUT2D eigenvalue weighted by Gasteiger charge is -2.54. The zero-order valence-corrected chi connectivity index (χ0v) is 23.4. The molecular weight excluding hydrogens is 532 g/mol. The molecule has 5 rings (SSSR count). The first-order valence-electron chi connectivity index (χ1n) is 12.8. The average molecular weight is 563 g/mol. The third kappa shape index (κ3) is 3.65. The zero-order valence-electron chi connectivity index (χ0n) is 23.4. The van der Waals surface area contributed by atoms with Crippen LogP contribution < -0.4 is 14.8 Å². The van der Waals surface area contributed by atoms with E-state index in [1.54, 1.807) is 42.8 Å². The van der Waals surface area contributed by atoms with E-state index >= 15 is 0 Å². The van der Waals surface area contributed by atoms with Crippen LogP contribution in [0, 0.1) is 25.2 Å². The number of hydrogen-bond acceptors (Lipinski definition) is 11. The molecule has 0 saturated carbocycles. The van der Waals surface area contributed by atoms with Crippen LogP contribution in [0.4, 0.5) is 0 Å². The Morgan fingerprint density at radius 3 is 1.95 bits per heavy atom. The number of aromatic hydroxyl groups is 4. The maximum atomic E-state index is 12.3. The van der Waals surface area contributed by atoms with Gasteiger partial charge in [0.05, 0.1) is 38.1 Å². The molecule has 5 N–H and O–H groups in total. The van der Waals surface area contributed by atoms with Gasteiger partial charge in [0.1, 0.15) is 11.5 Å². The highest BCUT2D eigenvalue weighted by atomic mass is 16.5. The monoisotopic (exact) mass is 562 g/mol. The number of nitrogens with one attached hydrogen (secondary N) is 1. The second-order valence-corrected chi connectivity index (χ2v) is 10.2. The van der Waals surface area contributed by atoms with Crippen molar-refractivity contribution >= 4 is 23.8 Å². The Labute approximate surface area is 235 Å². The van der Waals surface area contributed by atoms with Gasteiger partial charge >= 0.3 is 0 Å². The SMILES string of the molecule is COc1c(C)c(O)c2c(c1O)[C@@H]1C3=Cc4c(O)c(C)c(OC)c(O)c4[C@H](CNC(=O)C(C)=O)N3[C@@H](C#N)C(=C2)N1C. The summed E-state index contributed by atoms with van der Waals surface area (Å²) in [6.45, 7) is 4.08. The Kier molecular flexibility index (Phi) is 6.41. The Bertz CT molecular complexity index is 1640. The summed E-state index contributed by atoms with van der Waals surface area (Å²) >= 11 is 0. The third-order valence-corrected chi connectivity index (χ3v) is 8.19. The van der Waals surface area contributed by atoms with Crippen molar-refractivity contribution in [3.63, 3.8) is 0 Å². The Hall–Kier alpha value is -5.05. The lowest BCUT2D eigenvalue weighted by atomic mass is 9.79. The van der Waals surface area contributed by atoms with E-state index in [1.165, 1.54) is 14.2 Å². The fourth-order valence-electron chi connectivity index (χ4n) is 6.22. The van der Waals surface area contributed by atoms with E-state index < -0.39 is 29.8 Å². The van der Waals surface area contributed by atoms with Crippen LogP contribution in [0.5, 0.6) is 34.5 Å². The molecule has 0 radical (unpaired) electrons. The van der Waals surface area contributed by atoms with Crippen molar-refractivity contribution in [2.75, 3.05) is 27.8 Å². The van der Waals surface area contributed by atoms with Crippen molar-refractivity contribution in [2.45, 2.75) is 38.9 Å². The number of ether oxygens (including phenoxy) is 2. The summed E-state index contributed by atoms with van der Waals surface area (Å²) in [4.78, 5) is 27.6. The van der Waals surface area contributed by atoms with Crippen LogP contribution in [0.25, 0.3) is 12.2 Å². The molecule has 2 aromatic rings. The van der Waals surface area contributed by atoms with Crippen molar-refractivity contribution in [3.05, 3.63) is 44.8 Å². The number of ketones is 1. The standard InChI is InChI=1S/C29H30N4O8/c1-11-23(35)14-8-17-22-21-15(24(36)12(2)28(41-6)26(21)38)7-16(32(22)4)18(9-30)33(17)19(10-31-29(39)13(3)34)20(14)25(37)27(11)40-5/h7-8,18-19,22,35-38H,10H2,1-6H3,(H,31,39)/t18-,19-,22-/m0/s1. The van der Waals surface area contributed by atoms with Crippen molar-refractivity contribution in [2.24, 2.45) is 0 Å². The van der Waals surface area contributed by atoms with Crippen LogP contribution in [0.2, 0.25) is 0 Å². The summed E-state index contributed by atoms with van der Waals surface area (Å²) in [6, 6.07) is -0.447. The minimum absolute atomic E-state index is 0.0242. The molecule has 2 bridgehead atoms. The highest BCUT2D eigenvalue weighted by Gasteiger charge is 2.51. The number of fused-ring (bicyclic) bond motifs is 7. The number of methoxy groups -OCH3 is 2. The third-order valence-electron chi connectivity index (χ3n) is 8.19. The highest BCUT2D eigenvalue weighted by molar-refractivity contribution is 6.35. The van der Waals surface area contributed by atoms with Crippen LogP contribution in [0.15, 0.2) is 11.4 Å². The summed E-state index contributed by atoms with van der Waals surface area (Å²) < 4.78 is 10.8. The second kappa shape index (κ2) is 9.55. The number of piperazine rings is 1. The molecule has 0 spiro atoms. The summed E-state index contributed by atoms with van der Waals surface area (Å²) in [7, 11) is 4.46. The van der Waals surface area contributed by atoms with Gasteiger partial charge in [-0.25, -0.2) is 0 Å². The number of Topliss-reactive ketones (excluding diaryl/α,β-unsaturated/α-hetero) is 1. The van der Waals surface area contributed by atoms with E-state index in [0.29, 0.717) is 28.1 Å². The Morgan fingerprint density at radius 2 is 1.44 bits per heavy atom. The van der Waals surface area contributed by atoms with Crippen molar-refractivity contribution in [1.29, 1.82) is 5.26 Å². The first kappa shape index (κ1) is 27.5. The molecule has 1 amide bonds. The molecule has 3 aliphatic heterocycles. The maximum Gasteiger partial charge on any atom is 0.287 e. The molecule has 1 saturated heterocycles. The number of nitrogens with zero attached hydrogens (tertiary/aromatic N) is 3. The number of likely N-dealkylation sites (N-methyl/N-ethyl adjacent to an activating group) is 1. The van der Waals surface area contributed by atoms with E-state index in [2.05, 4.69) is 11.4 Å². The lowest BCUT2D eigenvalue weighted by Crippen LogP contribution is -2.54. The van der Waals surface area contributed by atoms with Crippen molar-refractivity contribution < 1.29 is 39.5 Å². The quantitative estimate of drug-likeness (QED) is 0.267. The number of phenolic OH excluding ortho intramolecular Hbond substituents is 4. The molecular formula is C29H30N4O8. The summed E-state index contributed by atoms with van der Waals surface area (Å²) in [5, 5.41) is 58.2. The molecule has 3 heterocycles.